The van der Waals surface area contributed by atoms with Crippen LogP contribution in [0.4, 0.5) is 13.2 Å². The number of amides is 1. The SMILES string of the molecule is O=C1CC[C@@H](CCNCc2cccc(C(F)(F)F)c2)N1C[C@@H]1C[C@H]2C=C[C@H]1C21CC1. The Morgan fingerprint density at radius 2 is 2.03 bits per heavy atom. The Kier molecular flexibility index (Phi) is 4.96. The van der Waals surface area contributed by atoms with Gasteiger partial charge in [0.25, 0.3) is 0 Å². The van der Waals surface area contributed by atoms with Crippen LogP contribution in [0.1, 0.15) is 49.7 Å². The zero-order valence-electron chi connectivity index (χ0n) is 17.1. The topological polar surface area (TPSA) is 32.3 Å². The lowest BCUT2D eigenvalue weighted by molar-refractivity contribution is -0.137. The molecule has 2 bridgehead atoms. The molecule has 1 heterocycles. The van der Waals surface area contributed by atoms with Gasteiger partial charge < -0.3 is 10.2 Å². The van der Waals surface area contributed by atoms with Gasteiger partial charge in [-0.2, -0.15) is 13.2 Å². The fourth-order valence-corrected chi connectivity index (χ4v) is 6.29. The van der Waals surface area contributed by atoms with E-state index in [1.165, 1.54) is 31.4 Å². The van der Waals surface area contributed by atoms with E-state index in [-0.39, 0.29) is 11.9 Å². The molecule has 1 aromatic carbocycles. The van der Waals surface area contributed by atoms with Crippen LogP contribution in [-0.4, -0.2) is 29.9 Å². The number of nitrogens with zero attached hydrogens (tertiary/aromatic N) is 1. The smallest absolute Gasteiger partial charge is 0.339 e. The van der Waals surface area contributed by atoms with Crippen LogP contribution in [0.15, 0.2) is 36.4 Å². The summed E-state index contributed by atoms with van der Waals surface area (Å²) < 4.78 is 38.6. The Morgan fingerprint density at radius 3 is 2.77 bits per heavy atom. The highest BCUT2D eigenvalue weighted by atomic mass is 19.4. The summed E-state index contributed by atoms with van der Waals surface area (Å²) in [7, 11) is 0. The van der Waals surface area contributed by atoms with Crippen molar-refractivity contribution in [3.8, 4) is 0 Å². The van der Waals surface area contributed by atoms with Gasteiger partial charge in [0.2, 0.25) is 5.91 Å². The average Bonchev–Trinajstić information content (AvgIpc) is 3.26. The molecule has 1 aliphatic heterocycles. The summed E-state index contributed by atoms with van der Waals surface area (Å²) in [6.07, 6.45) is 6.82. The lowest BCUT2D eigenvalue weighted by atomic mass is 9.88. The molecule has 1 N–H and O–H groups in total. The predicted molar refractivity (Wildman–Crippen MR) is 108 cm³/mol. The first-order valence-electron chi connectivity index (χ1n) is 11.2. The molecule has 0 radical (unpaired) electrons. The number of carbonyl (C=O) groups excluding carboxylic acids is 1. The third-order valence-electron chi connectivity index (χ3n) is 7.97. The van der Waals surface area contributed by atoms with E-state index in [4.69, 9.17) is 0 Å². The van der Waals surface area contributed by atoms with Crippen molar-refractivity contribution < 1.29 is 18.0 Å². The maximum Gasteiger partial charge on any atom is 0.416 e. The van der Waals surface area contributed by atoms with Crippen LogP contribution in [-0.2, 0) is 17.5 Å². The van der Waals surface area contributed by atoms with Crippen molar-refractivity contribution in [2.75, 3.05) is 13.1 Å². The second-order valence-corrected chi connectivity index (χ2v) is 9.65. The van der Waals surface area contributed by atoms with E-state index >= 15 is 0 Å². The first-order valence-corrected chi connectivity index (χ1v) is 11.2. The molecule has 6 heteroatoms. The van der Waals surface area contributed by atoms with Gasteiger partial charge in [0.1, 0.15) is 0 Å². The molecule has 1 amide bonds. The van der Waals surface area contributed by atoms with Crippen LogP contribution < -0.4 is 5.32 Å². The minimum Gasteiger partial charge on any atom is -0.339 e. The summed E-state index contributed by atoms with van der Waals surface area (Å²) in [6, 6.07) is 5.72. The van der Waals surface area contributed by atoms with Gasteiger partial charge in [0.05, 0.1) is 5.56 Å². The van der Waals surface area contributed by atoms with Crippen LogP contribution in [0.3, 0.4) is 0 Å². The summed E-state index contributed by atoms with van der Waals surface area (Å²) >= 11 is 0. The van der Waals surface area contributed by atoms with Crippen LogP contribution in [0.5, 0.6) is 0 Å². The maximum atomic E-state index is 12.9. The van der Waals surface area contributed by atoms with Gasteiger partial charge in [-0.15, -0.1) is 0 Å². The summed E-state index contributed by atoms with van der Waals surface area (Å²) in [6.45, 7) is 1.99. The number of hydrogen-bond acceptors (Lipinski definition) is 2. The van der Waals surface area contributed by atoms with E-state index in [1.807, 2.05) is 0 Å². The van der Waals surface area contributed by atoms with E-state index in [0.717, 1.165) is 31.4 Å². The number of allylic oxidation sites excluding steroid dienone is 2. The van der Waals surface area contributed by atoms with Crippen molar-refractivity contribution in [1.29, 1.82) is 0 Å². The Bertz CT molecular complexity index is 845. The van der Waals surface area contributed by atoms with Gasteiger partial charge in [-0.25, -0.2) is 0 Å². The van der Waals surface area contributed by atoms with Gasteiger partial charge in [-0.3, -0.25) is 4.79 Å². The van der Waals surface area contributed by atoms with Gasteiger partial charge in [0, 0.05) is 25.6 Å². The first-order chi connectivity index (χ1) is 14.4. The monoisotopic (exact) mass is 418 g/mol. The lowest BCUT2D eigenvalue weighted by Gasteiger charge is -2.30. The van der Waals surface area contributed by atoms with E-state index < -0.39 is 11.7 Å². The molecule has 3 nitrogen and oxygen atoms in total. The summed E-state index contributed by atoms with van der Waals surface area (Å²) in [5, 5.41) is 3.27. The van der Waals surface area contributed by atoms with Gasteiger partial charge in [-0.05, 0) is 73.4 Å². The minimum atomic E-state index is -4.31. The van der Waals surface area contributed by atoms with E-state index in [9.17, 15) is 18.0 Å². The van der Waals surface area contributed by atoms with E-state index in [2.05, 4.69) is 22.4 Å². The molecular formula is C24H29F3N2O. The van der Waals surface area contributed by atoms with Crippen LogP contribution >= 0.6 is 0 Å². The number of halogens is 3. The van der Waals surface area contributed by atoms with Crippen molar-refractivity contribution >= 4 is 5.91 Å². The molecule has 162 valence electrons. The molecule has 4 atom stereocenters. The molecule has 1 aromatic rings. The normalized spacial score (nSPS) is 31.3. The number of benzene rings is 1. The highest BCUT2D eigenvalue weighted by molar-refractivity contribution is 5.78. The second kappa shape index (κ2) is 7.40. The molecule has 0 unspecified atom stereocenters. The standard InChI is InChI=1S/C24H29F3N2O/c25-24(26,27)19-3-1-2-16(12-19)14-28-11-8-20-5-7-22(30)29(20)15-17-13-18-4-6-21(17)23(18)9-10-23/h1-4,6,12,17-18,20-21,28H,5,7-11,13-15H2/t17-,18+,20-,21+/m0/s1. The van der Waals surface area contributed by atoms with Crippen molar-refractivity contribution in [3.63, 3.8) is 0 Å². The van der Waals surface area contributed by atoms with Crippen molar-refractivity contribution in [2.45, 2.75) is 57.3 Å². The van der Waals surface area contributed by atoms with Crippen LogP contribution in [0.25, 0.3) is 0 Å². The number of carbonyl (C=O) groups is 1. The van der Waals surface area contributed by atoms with Crippen LogP contribution in [0.2, 0.25) is 0 Å². The number of rotatable bonds is 7. The summed E-state index contributed by atoms with van der Waals surface area (Å²) in [5.74, 6) is 2.27. The fourth-order valence-electron chi connectivity index (χ4n) is 6.29. The predicted octanol–water partition coefficient (Wildman–Crippen LogP) is 4.78. The molecule has 5 rings (SSSR count). The quantitative estimate of drug-likeness (QED) is 0.511. The highest BCUT2D eigenvalue weighted by Gasteiger charge is 2.62. The van der Waals surface area contributed by atoms with Crippen molar-refractivity contribution in [3.05, 3.63) is 47.5 Å². The number of nitrogens with one attached hydrogen (secondary N) is 1. The number of hydrogen-bond donors (Lipinski definition) is 1. The molecular weight excluding hydrogens is 389 g/mol. The third-order valence-corrected chi connectivity index (χ3v) is 7.97. The Hall–Kier alpha value is -1.82. The molecule has 3 fully saturated rings. The van der Waals surface area contributed by atoms with E-state index in [0.29, 0.717) is 42.3 Å². The molecule has 0 aromatic heterocycles. The molecule has 3 aliphatic carbocycles. The molecule has 1 spiro atoms. The van der Waals surface area contributed by atoms with Crippen LogP contribution in [0, 0.1) is 23.2 Å². The maximum absolute atomic E-state index is 12.9. The van der Waals surface area contributed by atoms with E-state index in [1.54, 1.807) is 6.07 Å². The summed E-state index contributed by atoms with van der Waals surface area (Å²) in [4.78, 5) is 14.6. The highest BCUT2D eigenvalue weighted by Crippen LogP contribution is 2.70. The molecule has 1 saturated heterocycles. The minimum absolute atomic E-state index is 0.254. The van der Waals surface area contributed by atoms with Crippen molar-refractivity contribution in [2.24, 2.45) is 23.2 Å². The summed E-state index contributed by atoms with van der Waals surface area (Å²) in [5.41, 5.74) is 0.575. The fraction of sp³-hybridized carbons (Fsp3) is 0.625. The van der Waals surface area contributed by atoms with Gasteiger partial charge >= 0.3 is 6.18 Å². The molecule has 2 saturated carbocycles. The molecule has 4 aliphatic rings. The van der Waals surface area contributed by atoms with Gasteiger partial charge in [-0.1, -0.05) is 30.4 Å². The first kappa shape index (κ1) is 20.1. The zero-order valence-corrected chi connectivity index (χ0v) is 17.1. The Balaban J connectivity index is 1.12. The largest absolute Gasteiger partial charge is 0.416 e. The van der Waals surface area contributed by atoms with Crippen molar-refractivity contribution in [1.82, 2.24) is 10.2 Å². The number of alkyl halides is 3. The zero-order chi connectivity index (χ0) is 20.9. The Morgan fingerprint density at radius 1 is 1.20 bits per heavy atom. The molecule has 30 heavy (non-hydrogen) atoms. The number of likely N-dealkylation sites (tertiary alicyclic amines) is 1. The Labute approximate surface area is 175 Å². The third kappa shape index (κ3) is 3.57. The second-order valence-electron chi connectivity index (χ2n) is 9.65. The van der Waals surface area contributed by atoms with Gasteiger partial charge in [0.15, 0.2) is 0 Å². The average molecular weight is 419 g/mol. The lowest BCUT2D eigenvalue weighted by Crippen LogP contribution is -2.39.